The normalized spacial score (nSPS) is 11.8. The minimum atomic E-state index is -4.14. The van der Waals surface area contributed by atoms with E-state index in [0.29, 0.717) is 17.9 Å². The minimum absolute atomic E-state index is 0.0759. The number of nitrogens with one attached hydrogen (secondary N) is 1. The van der Waals surface area contributed by atoms with E-state index in [9.17, 15) is 17.2 Å². The summed E-state index contributed by atoms with van der Waals surface area (Å²) in [5, 5.41) is 8.57. The predicted molar refractivity (Wildman–Crippen MR) is 75.0 cm³/mol. The fraction of sp³-hybridized carbons (Fsp3) is 0.455. The Morgan fingerprint density at radius 2 is 2.00 bits per heavy atom. The van der Waals surface area contributed by atoms with Gasteiger partial charge in [-0.2, -0.15) is 11.8 Å². The third kappa shape index (κ3) is 4.89. The summed E-state index contributed by atoms with van der Waals surface area (Å²) in [6, 6.07) is 1.60. The number of nitrogen functional groups attached to an aromatic ring is 1. The van der Waals surface area contributed by atoms with Gasteiger partial charge < -0.3 is 10.8 Å². The van der Waals surface area contributed by atoms with Crippen LogP contribution in [0.1, 0.15) is 6.42 Å². The van der Waals surface area contributed by atoms with Crippen LogP contribution in [-0.2, 0) is 10.0 Å². The lowest BCUT2D eigenvalue weighted by Gasteiger charge is -2.09. The number of aliphatic hydroxyl groups excluding tert-OH is 1. The van der Waals surface area contributed by atoms with E-state index in [0.717, 1.165) is 12.1 Å². The van der Waals surface area contributed by atoms with Crippen molar-refractivity contribution in [1.29, 1.82) is 0 Å². The maximum absolute atomic E-state index is 13.5. The van der Waals surface area contributed by atoms with Gasteiger partial charge in [0.1, 0.15) is 4.90 Å². The number of nitrogens with two attached hydrogens (primary N) is 1. The Hall–Kier alpha value is -0.900. The highest BCUT2D eigenvalue weighted by Gasteiger charge is 2.22. The Morgan fingerprint density at radius 1 is 1.30 bits per heavy atom. The van der Waals surface area contributed by atoms with Crippen LogP contribution >= 0.6 is 11.8 Å². The van der Waals surface area contributed by atoms with Gasteiger partial charge in [0.05, 0.1) is 0 Å². The quantitative estimate of drug-likeness (QED) is 0.488. The molecule has 0 spiro atoms. The van der Waals surface area contributed by atoms with Crippen LogP contribution in [0, 0.1) is 11.6 Å². The van der Waals surface area contributed by atoms with Crippen LogP contribution in [0.5, 0.6) is 0 Å². The molecule has 1 aromatic carbocycles. The second-order valence-electron chi connectivity index (χ2n) is 3.90. The molecule has 0 atom stereocenters. The molecular weight excluding hydrogens is 310 g/mol. The van der Waals surface area contributed by atoms with E-state index >= 15 is 0 Å². The maximum atomic E-state index is 13.5. The number of sulfonamides is 1. The molecule has 0 radical (unpaired) electrons. The maximum Gasteiger partial charge on any atom is 0.243 e. The van der Waals surface area contributed by atoms with Crippen molar-refractivity contribution >= 4 is 27.5 Å². The van der Waals surface area contributed by atoms with Gasteiger partial charge >= 0.3 is 0 Å². The molecule has 0 heterocycles. The molecule has 0 amide bonds. The summed E-state index contributed by atoms with van der Waals surface area (Å²) in [5.74, 6) is -1.59. The highest BCUT2D eigenvalue weighted by molar-refractivity contribution is 7.99. The molecule has 1 rings (SSSR count). The van der Waals surface area contributed by atoms with Crippen molar-refractivity contribution in [2.45, 2.75) is 11.3 Å². The molecule has 0 saturated carbocycles. The van der Waals surface area contributed by atoms with E-state index in [1.807, 2.05) is 0 Å². The van der Waals surface area contributed by atoms with Gasteiger partial charge in [0, 0.05) is 24.6 Å². The van der Waals surface area contributed by atoms with Crippen molar-refractivity contribution in [3.63, 3.8) is 0 Å². The van der Waals surface area contributed by atoms with Crippen molar-refractivity contribution in [1.82, 2.24) is 4.72 Å². The predicted octanol–water partition coefficient (Wildman–Crippen LogP) is 0.941. The van der Waals surface area contributed by atoms with E-state index in [1.165, 1.54) is 11.8 Å². The summed E-state index contributed by atoms with van der Waals surface area (Å²) >= 11 is 1.44. The van der Waals surface area contributed by atoms with Crippen LogP contribution in [0.4, 0.5) is 14.5 Å². The van der Waals surface area contributed by atoms with Crippen molar-refractivity contribution in [3.05, 3.63) is 23.8 Å². The van der Waals surface area contributed by atoms with Gasteiger partial charge in [0.2, 0.25) is 10.0 Å². The van der Waals surface area contributed by atoms with Gasteiger partial charge in [-0.05, 0) is 24.3 Å². The summed E-state index contributed by atoms with van der Waals surface area (Å²) < 4.78 is 52.4. The van der Waals surface area contributed by atoms with Gasteiger partial charge in [-0.15, -0.1) is 0 Å². The molecule has 0 aliphatic heterocycles. The molecule has 9 heteroatoms. The zero-order valence-electron chi connectivity index (χ0n) is 10.6. The molecule has 0 bridgehead atoms. The van der Waals surface area contributed by atoms with E-state index in [-0.39, 0.29) is 18.8 Å². The van der Waals surface area contributed by atoms with Crippen LogP contribution in [0.2, 0.25) is 0 Å². The summed E-state index contributed by atoms with van der Waals surface area (Å²) in [7, 11) is -4.14. The second-order valence-corrected chi connectivity index (χ2v) is 6.86. The van der Waals surface area contributed by atoms with Gasteiger partial charge in [-0.25, -0.2) is 21.9 Å². The van der Waals surface area contributed by atoms with Crippen molar-refractivity contribution in [3.8, 4) is 0 Å². The molecule has 0 aliphatic rings. The molecular formula is C11H16F2N2O3S2. The van der Waals surface area contributed by atoms with Crippen LogP contribution in [-0.4, -0.2) is 38.2 Å². The molecule has 1 aromatic rings. The van der Waals surface area contributed by atoms with E-state index in [2.05, 4.69) is 4.72 Å². The molecule has 0 aliphatic carbocycles. The van der Waals surface area contributed by atoms with Gasteiger partial charge in [0.15, 0.2) is 11.6 Å². The lowest BCUT2D eigenvalue weighted by atomic mass is 10.3. The molecule has 114 valence electrons. The average Bonchev–Trinajstić information content (AvgIpc) is 2.37. The van der Waals surface area contributed by atoms with Crippen LogP contribution in [0.3, 0.4) is 0 Å². The molecule has 4 N–H and O–H groups in total. The first kappa shape index (κ1) is 17.2. The molecule has 0 unspecified atom stereocenters. The number of anilines is 1. The average molecular weight is 326 g/mol. The SMILES string of the molecule is Nc1cc(F)c(F)c(S(=O)(=O)NCCSCCCO)c1. The summed E-state index contributed by atoms with van der Waals surface area (Å²) in [4.78, 5) is -0.796. The van der Waals surface area contributed by atoms with Crippen LogP contribution in [0.15, 0.2) is 17.0 Å². The fourth-order valence-electron chi connectivity index (χ4n) is 1.37. The molecule has 0 fully saturated rings. The zero-order valence-corrected chi connectivity index (χ0v) is 12.2. The fourth-order valence-corrected chi connectivity index (χ4v) is 3.44. The molecule has 0 saturated heterocycles. The third-order valence-electron chi connectivity index (χ3n) is 2.29. The summed E-state index contributed by atoms with van der Waals surface area (Å²) in [6.45, 7) is 0.154. The number of hydrogen-bond acceptors (Lipinski definition) is 5. The lowest BCUT2D eigenvalue weighted by Crippen LogP contribution is -2.27. The summed E-state index contributed by atoms with van der Waals surface area (Å²) in [5.41, 5.74) is 5.14. The van der Waals surface area contributed by atoms with Gasteiger partial charge in [-0.3, -0.25) is 0 Å². The number of thioether (sulfide) groups is 1. The van der Waals surface area contributed by atoms with Crippen LogP contribution in [0.25, 0.3) is 0 Å². The van der Waals surface area contributed by atoms with E-state index in [1.54, 1.807) is 0 Å². The number of hydrogen-bond donors (Lipinski definition) is 3. The van der Waals surface area contributed by atoms with E-state index < -0.39 is 26.6 Å². The Balaban J connectivity index is 2.65. The largest absolute Gasteiger partial charge is 0.399 e. The lowest BCUT2D eigenvalue weighted by molar-refractivity contribution is 0.296. The Labute approximate surface area is 120 Å². The zero-order chi connectivity index (χ0) is 15.2. The monoisotopic (exact) mass is 326 g/mol. The summed E-state index contributed by atoms with van der Waals surface area (Å²) in [6.07, 6.45) is 0.618. The van der Waals surface area contributed by atoms with Crippen LogP contribution < -0.4 is 10.5 Å². The van der Waals surface area contributed by atoms with E-state index in [4.69, 9.17) is 10.8 Å². The topological polar surface area (TPSA) is 92.4 Å². The van der Waals surface area contributed by atoms with Crippen molar-refractivity contribution < 1.29 is 22.3 Å². The van der Waals surface area contributed by atoms with Gasteiger partial charge in [-0.1, -0.05) is 0 Å². The first-order valence-electron chi connectivity index (χ1n) is 5.81. The molecule has 20 heavy (non-hydrogen) atoms. The second kappa shape index (κ2) is 7.77. The number of benzene rings is 1. The minimum Gasteiger partial charge on any atom is -0.399 e. The Kier molecular flexibility index (Phi) is 6.66. The highest BCUT2D eigenvalue weighted by Crippen LogP contribution is 2.20. The first-order chi connectivity index (χ1) is 9.38. The van der Waals surface area contributed by atoms with Crippen molar-refractivity contribution in [2.75, 3.05) is 30.4 Å². The van der Waals surface area contributed by atoms with Gasteiger partial charge in [0.25, 0.3) is 0 Å². The first-order valence-corrected chi connectivity index (χ1v) is 8.45. The molecule has 0 aromatic heterocycles. The smallest absolute Gasteiger partial charge is 0.243 e. The Bertz CT molecular complexity index is 553. The number of rotatable bonds is 8. The number of aliphatic hydroxyl groups is 1. The highest BCUT2D eigenvalue weighted by atomic mass is 32.2. The Morgan fingerprint density at radius 3 is 2.65 bits per heavy atom. The number of halogens is 2. The third-order valence-corrected chi connectivity index (χ3v) is 4.82. The standard InChI is InChI=1S/C11H16F2N2O3S2/c12-9-6-8(14)7-10(11(9)13)20(17,18)15-2-5-19-4-1-3-16/h6-7,15-16H,1-5,14H2. The molecule has 5 nitrogen and oxygen atoms in total. The van der Waals surface area contributed by atoms with Crippen molar-refractivity contribution in [2.24, 2.45) is 0 Å².